The zero-order valence-electron chi connectivity index (χ0n) is 16.9. The Balaban J connectivity index is 1.72. The third kappa shape index (κ3) is 2.33. The van der Waals surface area contributed by atoms with Crippen LogP contribution in [0.1, 0.15) is 23.0 Å². The summed E-state index contributed by atoms with van der Waals surface area (Å²) in [5.74, 6) is -0.00774. The van der Waals surface area contributed by atoms with E-state index in [-0.39, 0.29) is 11.8 Å². The lowest BCUT2D eigenvalue weighted by atomic mass is 9.50. The predicted molar refractivity (Wildman–Crippen MR) is 103 cm³/mol. The first-order valence-electron chi connectivity index (χ1n) is 9.47. The van der Waals surface area contributed by atoms with Gasteiger partial charge in [-0.1, -0.05) is 0 Å². The van der Waals surface area contributed by atoms with Crippen LogP contribution in [0.2, 0.25) is 0 Å². The zero-order chi connectivity index (χ0) is 21.2. The first-order valence-corrected chi connectivity index (χ1v) is 9.47. The number of carbonyl (C=O) groups is 2. The number of hydrogen-bond donors (Lipinski definition) is 0. The fraction of sp³-hybridized carbons (Fsp3) is 0.364. The Bertz CT molecular complexity index is 990. The summed E-state index contributed by atoms with van der Waals surface area (Å²) in [6.07, 6.45) is 0. The number of carbonyl (C=O) groups excluding carboxylic acids is 2. The van der Waals surface area contributed by atoms with Gasteiger partial charge in [0, 0.05) is 47.2 Å². The van der Waals surface area contributed by atoms with E-state index in [0.717, 1.165) is 11.1 Å². The summed E-state index contributed by atoms with van der Waals surface area (Å²) in [6, 6.07) is 6.81. The molecule has 1 aliphatic carbocycles. The van der Waals surface area contributed by atoms with Gasteiger partial charge in [-0.2, -0.15) is 0 Å². The van der Waals surface area contributed by atoms with Gasteiger partial charge in [-0.3, -0.25) is 9.59 Å². The molecule has 8 nitrogen and oxygen atoms in total. The predicted octanol–water partition coefficient (Wildman–Crippen LogP) is 2.67. The summed E-state index contributed by atoms with van der Waals surface area (Å²) in [7, 11) is 6.15. The molecule has 0 N–H and O–H groups in total. The highest BCUT2D eigenvalue weighted by atomic mass is 16.6. The second-order valence-electron chi connectivity index (χ2n) is 7.43. The number of hydrogen-bond acceptors (Lipinski definition) is 8. The number of benzene rings is 2. The highest BCUT2D eigenvalue weighted by Gasteiger charge is 2.66. The Morgan fingerprint density at radius 2 is 1.00 bits per heavy atom. The van der Waals surface area contributed by atoms with Gasteiger partial charge in [0.15, 0.2) is 0 Å². The Morgan fingerprint density at radius 1 is 0.600 bits per heavy atom. The fourth-order valence-electron chi connectivity index (χ4n) is 4.96. The molecule has 1 saturated carbocycles. The Kier molecular flexibility index (Phi) is 4.06. The molecule has 0 saturated heterocycles. The normalized spacial score (nSPS) is 25.3. The summed E-state index contributed by atoms with van der Waals surface area (Å²) in [6.45, 7) is 0. The number of methoxy groups -OCH3 is 4. The van der Waals surface area contributed by atoms with Crippen molar-refractivity contribution in [2.75, 3.05) is 28.4 Å². The van der Waals surface area contributed by atoms with Crippen LogP contribution in [-0.4, -0.2) is 40.4 Å². The molecular formula is C22H20O8. The van der Waals surface area contributed by atoms with E-state index in [9.17, 15) is 9.59 Å². The second kappa shape index (κ2) is 6.55. The SMILES string of the molecule is COc1cc(OC)c2c(c1)OC(=O)[C@@H]1[C@@H]3C(=O)Oc4cc(OC)cc(OC)c4[C@H]3[C@H]21. The minimum Gasteiger partial charge on any atom is -0.496 e. The molecule has 8 heteroatoms. The van der Waals surface area contributed by atoms with Crippen LogP contribution in [0.5, 0.6) is 34.5 Å². The lowest BCUT2D eigenvalue weighted by Gasteiger charge is -2.53. The van der Waals surface area contributed by atoms with Gasteiger partial charge in [0.1, 0.15) is 34.5 Å². The van der Waals surface area contributed by atoms with Gasteiger partial charge in [0.25, 0.3) is 0 Å². The molecule has 2 aromatic rings. The van der Waals surface area contributed by atoms with E-state index in [1.807, 2.05) is 0 Å². The second-order valence-corrected chi connectivity index (χ2v) is 7.43. The lowest BCUT2D eigenvalue weighted by molar-refractivity contribution is -0.165. The van der Waals surface area contributed by atoms with Crippen LogP contribution >= 0.6 is 0 Å². The molecule has 2 heterocycles. The highest BCUT2D eigenvalue weighted by Crippen LogP contribution is 2.67. The molecule has 2 aromatic carbocycles. The summed E-state index contributed by atoms with van der Waals surface area (Å²) >= 11 is 0. The first kappa shape index (κ1) is 18.6. The van der Waals surface area contributed by atoms with E-state index in [1.54, 1.807) is 38.5 Å². The number of ether oxygens (including phenoxy) is 6. The molecule has 2 aliphatic heterocycles. The number of fused-ring (bicyclic) bond motifs is 8. The topological polar surface area (TPSA) is 89.5 Å². The minimum atomic E-state index is -0.655. The third-order valence-electron chi connectivity index (χ3n) is 6.25. The Morgan fingerprint density at radius 3 is 1.33 bits per heavy atom. The molecule has 0 bridgehead atoms. The number of rotatable bonds is 4. The van der Waals surface area contributed by atoms with E-state index in [2.05, 4.69) is 0 Å². The standard InChI is InChI=1S/C22H20O8/c1-25-9-5-11(27-3)15-13(7-9)29-21(23)19-17(15)18-16-12(28-4)6-10(26-2)8-14(16)30-22(24)20(18)19/h5-8,17-20H,1-4H3/t17-,18-,19-,20+/m0/s1. The van der Waals surface area contributed by atoms with Crippen molar-refractivity contribution >= 4 is 11.9 Å². The van der Waals surface area contributed by atoms with E-state index in [0.29, 0.717) is 34.5 Å². The fourth-order valence-corrected chi connectivity index (χ4v) is 4.96. The molecule has 0 unspecified atom stereocenters. The third-order valence-corrected chi connectivity index (χ3v) is 6.25. The van der Waals surface area contributed by atoms with Gasteiger partial charge in [0.05, 0.1) is 40.3 Å². The molecule has 0 radical (unpaired) electrons. The smallest absolute Gasteiger partial charge is 0.315 e. The molecule has 156 valence electrons. The van der Waals surface area contributed by atoms with Crippen molar-refractivity contribution in [2.24, 2.45) is 11.8 Å². The van der Waals surface area contributed by atoms with E-state index < -0.39 is 23.8 Å². The maximum absolute atomic E-state index is 12.8. The van der Waals surface area contributed by atoms with Gasteiger partial charge in [-0.05, 0) is 0 Å². The maximum atomic E-state index is 12.8. The summed E-state index contributed by atoms with van der Waals surface area (Å²) in [5, 5.41) is 0. The highest BCUT2D eigenvalue weighted by molar-refractivity contribution is 5.93. The molecular weight excluding hydrogens is 392 g/mol. The maximum Gasteiger partial charge on any atom is 0.315 e. The van der Waals surface area contributed by atoms with Crippen molar-refractivity contribution < 1.29 is 38.0 Å². The van der Waals surface area contributed by atoms with Gasteiger partial charge >= 0.3 is 11.9 Å². The summed E-state index contributed by atoms with van der Waals surface area (Å²) < 4.78 is 32.9. The van der Waals surface area contributed by atoms with Crippen LogP contribution in [0.15, 0.2) is 24.3 Å². The van der Waals surface area contributed by atoms with Crippen molar-refractivity contribution in [3.05, 3.63) is 35.4 Å². The van der Waals surface area contributed by atoms with Gasteiger partial charge < -0.3 is 28.4 Å². The molecule has 0 spiro atoms. The van der Waals surface area contributed by atoms with Crippen LogP contribution in [0, 0.1) is 11.8 Å². The minimum absolute atomic E-state index is 0.319. The Hall–Kier alpha value is -3.42. The van der Waals surface area contributed by atoms with Gasteiger partial charge in [-0.15, -0.1) is 0 Å². The van der Waals surface area contributed by atoms with Crippen molar-refractivity contribution in [1.82, 2.24) is 0 Å². The molecule has 1 fully saturated rings. The number of esters is 2. The van der Waals surface area contributed by atoms with Crippen LogP contribution in [-0.2, 0) is 9.59 Å². The lowest BCUT2D eigenvalue weighted by Crippen LogP contribution is -2.57. The van der Waals surface area contributed by atoms with Crippen LogP contribution < -0.4 is 28.4 Å². The first-order chi connectivity index (χ1) is 14.5. The van der Waals surface area contributed by atoms with Crippen LogP contribution in [0.4, 0.5) is 0 Å². The summed E-state index contributed by atoms with van der Waals surface area (Å²) in [4.78, 5) is 25.6. The quantitative estimate of drug-likeness (QED) is 0.559. The van der Waals surface area contributed by atoms with Gasteiger partial charge in [-0.25, -0.2) is 0 Å². The average molecular weight is 412 g/mol. The molecule has 0 amide bonds. The largest absolute Gasteiger partial charge is 0.496 e. The molecule has 30 heavy (non-hydrogen) atoms. The van der Waals surface area contributed by atoms with E-state index in [1.165, 1.54) is 14.2 Å². The van der Waals surface area contributed by atoms with Crippen molar-refractivity contribution in [3.63, 3.8) is 0 Å². The van der Waals surface area contributed by atoms with Gasteiger partial charge in [0.2, 0.25) is 0 Å². The van der Waals surface area contributed by atoms with E-state index >= 15 is 0 Å². The molecule has 0 aromatic heterocycles. The van der Waals surface area contributed by atoms with E-state index in [4.69, 9.17) is 28.4 Å². The molecule has 4 atom stereocenters. The monoisotopic (exact) mass is 412 g/mol. The Labute approximate surface area is 172 Å². The van der Waals surface area contributed by atoms with Crippen LogP contribution in [0.3, 0.4) is 0 Å². The van der Waals surface area contributed by atoms with Crippen molar-refractivity contribution in [3.8, 4) is 34.5 Å². The van der Waals surface area contributed by atoms with Crippen LogP contribution in [0.25, 0.3) is 0 Å². The summed E-state index contributed by atoms with van der Waals surface area (Å²) in [5.41, 5.74) is 1.48. The molecule has 5 rings (SSSR count). The average Bonchev–Trinajstić information content (AvgIpc) is 2.73. The van der Waals surface area contributed by atoms with Crippen molar-refractivity contribution in [1.29, 1.82) is 0 Å². The zero-order valence-corrected chi connectivity index (χ0v) is 16.9. The van der Waals surface area contributed by atoms with Crippen molar-refractivity contribution in [2.45, 2.75) is 11.8 Å². The molecule has 3 aliphatic rings.